The Kier molecular flexibility index (Phi) is 9.72. The zero-order valence-corrected chi connectivity index (χ0v) is 22.5. The lowest BCUT2D eigenvalue weighted by Crippen LogP contribution is -2.53. The Bertz CT molecular complexity index is 917. The molecule has 2 atom stereocenters. The molecular formula is C28H40N4S2. The molecule has 1 aliphatic rings. The first kappa shape index (κ1) is 26.4. The highest BCUT2D eigenvalue weighted by Gasteiger charge is 2.41. The van der Waals surface area contributed by atoms with Gasteiger partial charge in [0.15, 0.2) is 10.2 Å². The van der Waals surface area contributed by atoms with Gasteiger partial charge >= 0.3 is 0 Å². The minimum absolute atomic E-state index is 0.143. The van der Waals surface area contributed by atoms with Gasteiger partial charge in [-0.2, -0.15) is 0 Å². The van der Waals surface area contributed by atoms with E-state index in [-0.39, 0.29) is 10.8 Å². The van der Waals surface area contributed by atoms with Gasteiger partial charge in [-0.3, -0.25) is 0 Å². The van der Waals surface area contributed by atoms with Gasteiger partial charge in [-0.15, -0.1) is 0 Å². The minimum Gasteiger partial charge on any atom is -0.362 e. The maximum absolute atomic E-state index is 5.63. The van der Waals surface area contributed by atoms with E-state index in [9.17, 15) is 0 Å². The largest absolute Gasteiger partial charge is 0.362 e. The van der Waals surface area contributed by atoms with Gasteiger partial charge in [-0.05, 0) is 78.5 Å². The standard InChI is InChI=1S/C28H40N4S2/c1-27(2)18-24(32-26(34)30-17-15-23-12-8-5-9-13-23)19-28(3,20-27)21-31-25(33)29-16-14-22-10-6-4-7-11-22/h4-13,24H,14-21H2,1-3H3,(H2,29,31,33)(H2,30,32,34). The fourth-order valence-electron chi connectivity index (χ4n) is 5.39. The van der Waals surface area contributed by atoms with Crippen LogP contribution in [0.1, 0.15) is 51.2 Å². The van der Waals surface area contributed by atoms with Crippen LogP contribution in [-0.2, 0) is 12.8 Å². The zero-order valence-electron chi connectivity index (χ0n) is 20.8. The summed E-state index contributed by atoms with van der Waals surface area (Å²) in [6, 6.07) is 21.4. The molecule has 4 nitrogen and oxygen atoms in total. The monoisotopic (exact) mass is 496 g/mol. The maximum atomic E-state index is 5.63. The van der Waals surface area contributed by atoms with E-state index in [0.29, 0.717) is 6.04 Å². The van der Waals surface area contributed by atoms with Crippen LogP contribution in [-0.4, -0.2) is 35.9 Å². The van der Waals surface area contributed by atoms with Crippen molar-refractivity contribution in [1.29, 1.82) is 0 Å². The van der Waals surface area contributed by atoms with Crippen molar-refractivity contribution in [2.45, 2.75) is 58.9 Å². The van der Waals surface area contributed by atoms with Gasteiger partial charge in [0, 0.05) is 25.7 Å². The highest BCUT2D eigenvalue weighted by molar-refractivity contribution is 7.80. The normalized spacial score (nSPS) is 21.3. The van der Waals surface area contributed by atoms with E-state index in [1.54, 1.807) is 0 Å². The van der Waals surface area contributed by atoms with Crippen LogP contribution in [0.2, 0.25) is 0 Å². The van der Waals surface area contributed by atoms with E-state index < -0.39 is 0 Å². The van der Waals surface area contributed by atoms with Gasteiger partial charge in [0.25, 0.3) is 0 Å². The molecule has 6 heteroatoms. The number of nitrogens with one attached hydrogen (secondary N) is 4. The molecule has 2 aromatic rings. The van der Waals surface area contributed by atoms with Crippen molar-refractivity contribution in [3.8, 4) is 0 Å². The van der Waals surface area contributed by atoms with Gasteiger partial charge in [0.1, 0.15) is 0 Å². The first-order valence-corrected chi connectivity index (χ1v) is 13.2. The van der Waals surface area contributed by atoms with Crippen LogP contribution in [0.5, 0.6) is 0 Å². The van der Waals surface area contributed by atoms with E-state index in [1.807, 2.05) is 12.1 Å². The first-order valence-electron chi connectivity index (χ1n) is 12.4. The third-order valence-corrected chi connectivity index (χ3v) is 7.09. The summed E-state index contributed by atoms with van der Waals surface area (Å²) in [5.74, 6) is 0. The molecule has 2 unspecified atom stereocenters. The number of rotatable bonds is 9. The van der Waals surface area contributed by atoms with Crippen LogP contribution in [0.15, 0.2) is 60.7 Å². The minimum atomic E-state index is 0.143. The van der Waals surface area contributed by atoms with Gasteiger partial charge in [-0.1, -0.05) is 81.4 Å². The van der Waals surface area contributed by atoms with E-state index in [0.717, 1.165) is 62.0 Å². The topological polar surface area (TPSA) is 48.1 Å². The molecule has 3 rings (SSSR count). The Hall–Kier alpha value is -2.18. The van der Waals surface area contributed by atoms with Crippen molar-refractivity contribution in [2.24, 2.45) is 10.8 Å². The molecule has 4 N–H and O–H groups in total. The molecule has 0 spiro atoms. The Morgan fingerprint density at radius 2 is 1.29 bits per heavy atom. The smallest absolute Gasteiger partial charge is 0.166 e. The van der Waals surface area contributed by atoms with Gasteiger partial charge < -0.3 is 21.3 Å². The molecular weight excluding hydrogens is 456 g/mol. The second kappa shape index (κ2) is 12.5. The Balaban J connectivity index is 1.42. The van der Waals surface area contributed by atoms with Crippen molar-refractivity contribution in [2.75, 3.05) is 19.6 Å². The lowest BCUT2D eigenvalue weighted by atomic mass is 9.62. The summed E-state index contributed by atoms with van der Waals surface area (Å²) < 4.78 is 0. The molecule has 0 aromatic heterocycles. The molecule has 34 heavy (non-hydrogen) atoms. The Labute approximate surface area is 216 Å². The Morgan fingerprint density at radius 1 is 0.765 bits per heavy atom. The summed E-state index contributed by atoms with van der Waals surface area (Å²) in [4.78, 5) is 0. The first-order chi connectivity index (χ1) is 16.2. The second-order valence-electron chi connectivity index (χ2n) is 10.7. The second-order valence-corrected chi connectivity index (χ2v) is 11.6. The molecule has 0 aliphatic heterocycles. The molecule has 0 saturated heterocycles. The van der Waals surface area contributed by atoms with Gasteiger partial charge in [0.05, 0.1) is 0 Å². The molecule has 184 valence electrons. The lowest BCUT2D eigenvalue weighted by molar-refractivity contribution is 0.0802. The number of hydrogen-bond acceptors (Lipinski definition) is 2. The fraction of sp³-hybridized carbons (Fsp3) is 0.500. The van der Waals surface area contributed by atoms with Crippen molar-refractivity contribution < 1.29 is 0 Å². The number of benzene rings is 2. The van der Waals surface area contributed by atoms with Crippen LogP contribution in [0.3, 0.4) is 0 Å². The SMILES string of the molecule is CC1(C)CC(NC(=S)NCCc2ccccc2)CC(C)(CNC(=S)NCCc2ccccc2)C1. The Morgan fingerprint density at radius 3 is 1.85 bits per heavy atom. The van der Waals surface area contributed by atoms with Crippen molar-refractivity contribution in [3.63, 3.8) is 0 Å². The molecule has 1 aliphatic carbocycles. The molecule has 0 heterocycles. The van der Waals surface area contributed by atoms with Crippen molar-refractivity contribution in [3.05, 3.63) is 71.8 Å². The highest BCUT2D eigenvalue weighted by atomic mass is 32.1. The zero-order chi connectivity index (χ0) is 24.4. The molecule has 0 bridgehead atoms. The summed E-state index contributed by atoms with van der Waals surface area (Å²) in [6.45, 7) is 9.63. The third kappa shape index (κ3) is 9.22. The van der Waals surface area contributed by atoms with Crippen LogP contribution in [0, 0.1) is 10.8 Å². The van der Waals surface area contributed by atoms with Crippen LogP contribution >= 0.6 is 24.4 Å². The number of hydrogen-bond donors (Lipinski definition) is 4. The summed E-state index contributed by atoms with van der Waals surface area (Å²) >= 11 is 11.2. The third-order valence-electron chi connectivity index (χ3n) is 6.54. The summed E-state index contributed by atoms with van der Waals surface area (Å²) in [5, 5.41) is 15.3. The van der Waals surface area contributed by atoms with Crippen molar-refractivity contribution in [1.82, 2.24) is 21.3 Å². The molecule has 2 aromatic carbocycles. The average Bonchev–Trinajstić information content (AvgIpc) is 2.78. The number of thiocarbonyl (C=S) groups is 2. The summed E-state index contributed by atoms with van der Waals surface area (Å²) in [5.41, 5.74) is 3.03. The summed E-state index contributed by atoms with van der Waals surface area (Å²) in [6.07, 6.45) is 5.27. The fourth-order valence-corrected chi connectivity index (χ4v) is 5.84. The summed E-state index contributed by atoms with van der Waals surface area (Å²) in [7, 11) is 0. The van der Waals surface area contributed by atoms with E-state index >= 15 is 0 Å². The molecule has 1 fully saturated rings. The molecule has 1 saturated carbocycles. The van der Waals surface area contributed by atoms with Crippen molar-refractivity contribution >= 4 is 34.7 Å². The quantitative estimate of drug-likeness (QED) is 0.367. The predicted molar refractivity (Wildman–Crippen MR) is 152 cm³/mol. The van der Waals surface area contributed by atoms with E-state index in [1.165, 1.54) is 11.1 Å². The molecule has 0 amide bonds. The average molecular weight is 497 g/mol. The van der Waals surface area contributed by atoms with Gasteiger partial charge in [-0.25, -0.2) is 0 Å². The maximum Gasteiger partial charge on any atom is 0.166 e. The van der Waals surface area contributed by atoms with E-state index in [4.69, 9.17) is 24.4 Å². The van der Waals surface area contributed by atoms with Crippen LogP contribution < -0.4 is 21.3 Å². The van der Waals surface area contributed by atoms with E-state index in [2.05, 4.69) is 90.6 Å². The predicted octanol–water partition coefficient (Wildman–Crippen LogP) is 4.99. The lowest BCUT2D eigenvalue weighted by Gasteiger charge is -2.47. The highest BCUT2D eigenvalue weighted by Crippen LogP contribution is 2.45. The van der Waals surface area contributed by atoms with Crippen LogP contribution in [0.4, 0.5) is 0 Å². The van der Waals surface area contributed by atoms with Crippen LogP contribution in [0.25, 0.3) is 0 Å². The van der Waals surface area contributed by atoms with Gasteiger partial charge in [0.2, 0.25) is 0 Å². The molecule has 0 radical (unpaired) electrons.